The van der Waals surface area contributed by atoms with Crippen molar-refractivity contribution < 1.29 is 28.7 Å². The fourth-order valence-corrected chi connectivity index (χ4v) is 2.80. The third-order valence-electron chi connectivity index (χ3n) is 3.90. The molecule has 3 rings (SSSR count). The summed E-state index contributed by atoms with van der Waals surface area (Å²) in [6, 6.07) is 12.0. The van der Waals surface area contributed by atoms with Crippen LogP contribution in [0.1, 0.15) is 27.0 Å². The van der Waals surface area contributed by atoms with Gasteiger partial charge < -0.3 is 14.3 Å². The lowest BCUT2D eigenvalue weighted by atomic mass is 9.97. The molecule has 1 aliphatic heterocycles. The van der Waals surface area contributed by atoms with Gasteiger partial charge in [-0.1, -0.05) is 65.1 Å². The Morgan fingerprint density at radius 2 is 1.86 bits per heavy atom. The van der Waals surface area contributed by atoms with Gasteiger partial charge in [-0.2, -0.15) is 0 Å². The minimum atomic E-state index is -1.78. The van der Waals surface area contributed by atoms with E-state index in [9.17, 15) is 14.4 Å². The molecule has 1 amide bonds. The van der Waals surface area contributed by atoms with Crippen molar-refractivity contribution in [2.24, 2.45) is 0 Å². The first-order valence-corrected chi connectivity index (χ1v) is 9.44. The van der Waals surface area contributed by atoms with Crippen LogP contribution >= 0.6 is 34.8 Å². The molecule has 0 radical (unpaired) electrons. The average Bonchev–Trinajstić information content (AvgIpc) is 2.82. The zero-order valence-electron chi connectivity index (χ0n) is 14.7. The predicted octanol–water partition coefficient (Wildman–Crippen LogP) is 3.91. The first kappa shape index (κ1) is 21.2. The van der Waals surface area contributed by atoms with Crippen LogP contribution in [0.5, 0.6) is 5.75 Å². The van der Waals surface area contributed by atoms with Gasteiger partial charge in [-0.25, -0.2) is 9.59 Å². The molecule has 1 aliphatic rings. The molecule has 2 aromatic rings. The number of fused-ring (bicyclic) bond motifs is 2. The standard InChI is InChI=1S/C19H14Cl3NO6/c20-19(21,22)10-28-18(26)23-29-16(24)8-11-5-6-15-14(7-11)17(25)13-4-2-1-3-12(13)9-27-15/h1-7H,8-10H2,(H,23,26). The van der Waals surface area contributed by atoms with Crippen LogP contribution in [-0.2, 0) is 27.4 Å². The van der Waals surface area contributed by atoms with Crippen molar-refractivity contribution >= 4 is 52.6 Å². The van der Waals surface area contributed by atoms with E-state index in [-0.39, 0.29) is 18.8 Å². The molecule has 0 atom stereocenters. The summed E-state index contributed by atoms with van der Waals surface area (Å²) >= 11 is 16.3. The molecule has 0 saturated carbocycles. The van der Waals surface area contributed by atoms with Crippen LogP contribution in [0, 0.1) is 0 Å². The molecule has 2 aromatic carbocycles. The lowest BCUT2D eigenvalue weighted by molar-refractivity contribution is -0.148. The fourth-order valence-electron chi connectivity index (χ4n) is 2.64. The molecule has 0 spiro atoms. The quantitative estimate of drug-likeness (QED) is 0.554. The fraction of sp³-hybridized carbons (Fsp3) is 0.211. The number of ketones is 1. The Hall–Kier alpha value is -2.48. The van der Waals surface area contributed by atoms with E-state index in [1.54, 1.807) is 35.8 Å². The maximum absolute atomic E-state index is 12.8. The van der Waals surface area contributed by atoms with Gasteiger partial charge in [0.15, 0.2) is 5.78 Å². The Kier molecular flexibility index (Phi) is 6.52. The number of hydrogen-bond acceptors (Lipinski definition) is 6. The summed E-state index contributed by atoms with van der Waals surface area (Å²) in [5.41, 5.74) is 3.97. The van der Waals surface area contributed by atoms with Gasteiger partial charge in [-0.05, 0) is 17.7 Å². The summed E-state index contributed by atoms with van der Waals surface area (Å²) in [5.74, 6) is -0.549. The van der Waals surface area contributed by atoms with Gasteiger partial charge in [0.25, 0.3) is 0 Å². The summed E-state index contributed by atoms with van der Waals surface area (Å²) in [5, 5.41) is 0. The van der Waals surface area contributed by atoms with Crippen LogP contribution in [0.3, 0.4) is 0 Å². The Morgan fingerprint density at radius 3 is 2.62 bits per heavy atom. The number of benzene rings is 2. The highest BCUT2D eigenvalue weighted by atomic mass is 35.6. The molecule has 0 saturated heterocycles. The van der Waals surface area contributed by atoms with Crippen LogP contribution in [0.25, 0.3) is 0 Å². The average molecular weight is 459 g/mol. The van der Waals surface area contributed by atoms with Crippen LogP contribution in [-0.4, -0.2) is 28.2 Å². The number of rotatable bonds is 3. The van der Waals surface area contributed by atoms with Crippen molar-refractivity contribution in [3.8, 4) is 5.75 Å². The maximum atomic E-state index is 12.8. The predicted molar refractivity (Wildman–Crippen MR) is 105 cm³/mol. The molecular formula is C19H14Cl3NO6. The third kappa shape index (κ3) is 5.76. The smallest absolute Gasteiger partial charge is 0.440 e. The third-order valence-corrected chi connectivity index (χ3v) is 4.22. The number of hydrogen-bond donors (Lipinski definition) is 1. The second kappa shape index (κ2) is 8.90. The number of carbonyl (C=O) groups is 3. The van der Waals surface area contributed by atoms with E-state index in [1.165, 1.54) is 0 Å². The zero-order chi connectivity index (χ0) is 21.0. The van der Waals surface area contributed by atoms with E-state index >= 15 is 0 Å². The Balaban J connectivity index is 1.63. The van der Waals surface area contributed by atoms with Gasteiger partial charge in [0.1, 0.15) is 19.0 Å². The second-order valence-corrected chi connectivity index (χ2v) is 8.57. The molecule has 1 N–H and O–H groups in total. The molecule has 29 heavy (non-hydrogen) atoms. The molecule has 0 aliphatic carbocycles. The van der Waals surface area contributed by atoms with Gasteiger partial charge in [0, 0.05) is 11.1 Å². The highest BCUT2D eigenvalue weighted by Gasteiger charge is 2.24. The summed E-state index contributed by atoms with van der Waals surface area (Å²) in [7, 11) is 0. The number of hydroxylamine groups is 1. The SMILES string of the molecule is O=C(Cc1ccc2c(c1)C(=O)c1ccccc1CO2)ONC(=O)OCC(Cl)(Cl)Cl. The molecule has 0 unspecified atom stereocenters. The zero-order valence-corrected chi connectivity index (χ0v) is 17.0. The largest absolute Gasteiger partial charge is 0.488 e. The topological polar surface area (TPSA) is 90.9 Å². The van der Waals surface area contributed by atoms with Gasteiger partial charge in [-0.3, -0.25) is 4.79 Å². The Morgan fingerprint density at radius 1 is 1.10 bits per heavy atom. The number of nitrogens with one attached hydrogen (secondary N) is 1. The van der Waals surface area contributed by atoms with Crippen molar-refractivity contribution in [2.75, 3.05) is 6.61 Å². The van der Waals surface area contributed by atoms with Crippen LogP contribution in [0.2, 0.25) is 0 Å². The van der Waals surface area contributed by atoms with E-state index in [1.807, 2.05) is 12.1 Å². The lowest BCUT2D eigenvalue weighted by Gasteiger charge is -2.12. The van der Waals surface area contributed by atoms with Crippen LogP contribution in [0.4, 0.5) is 4.79 Å². The Bertz CT molecular complexity index is 957. The van der Waals surface area contributed by atoms with Gasteiger partial charge in [0.2, 0.25) is 3.79 Å². The highest BCUT2D eigenvalue weighted by molar-refractivity contribution is 6.67. The van der Waals surface area contributed by atoms with E-state index in [0.717, 1.165) is 5.56 Å². The molecule has 10 heteroatoms. The molecule has 1 heterocycles. The minimum absolute atomic E-state index is 0.197. The van der Waals surface area contributed by atoms with E-state index in [4.69, 9.17) is 39.5 Å². The van der Waals surface area contributed by atoms with Crippen molar-refractivity contribution in [2.45, 2.75) is 16.8 Å². The Labute approximate surface area is 180 Å². The summed E-state index contributed by atoms with van der Waals surface area (Å²) in [6.07, 6.45) is -1.29. The van der Waals surface area contributed by atoms with Gasteiger partial charge in [0.05, 0.1) is 12.0 Å². The van der Waals surface area contributed by atoms with Crippen molar-refractivity contribution in [3.05, 3.63) is 64.7 Å². The van der Waals surface area contributed by atoms with Crippen molar-refractivity contribution in [1.29, 1.82) is 0 Å². The molecule has 152 valence electrons. The number of carbonyl (C=O) groups excluding carboxylic acids is 3. The van der Waals surface area contributed by atoms with Crippen molar-refractivity contribution in [3.63, 3.8) is 0 Å². The molecule has 0 fully saturated rings. The lowest BCUT2D eigenvalue weighted by Crippen LogP contribution is -2.30. The van der Waals surface area contributed by atoms with Crippen LogP contribution in [0.15, 0.2) is 42.5 Å². The van der Waals surface area contributed by atoms with Crippen LogP contribution < -0.4 is 10.2 Å². The van der Waals surface area contributed by atoms with E-state index in [2.05, 4.69) is 9.57 Å². The number of alkyl halides is 3. The molecule has 0 bridgehead atoms. The summed E-state index contributed by atoms with van der Waals surface area (Å²) in [4.78, 5) is 40.8. The minimum Gasteiger partial charge on any atom is -0.488 e. The van der Waals surface area contributed by atoms with Crippen molar-refractivity contribution in [1.82, 2.24) is 5.48 Å². The second-order valence-electron chi connectivity index (χ2n) is 6.05. The normalized spacial score (nSPS) is 12.7. The highest BCUT2D eigenvalue weighted by Crippen LogP contribution is 2.29. The van der Waals surface area contributed by atoms with Gasteiger partial charge in [-0.15, -0.1) is 5.48 Å². The number of halogens is 3. The molecular weight excluding hydrogens is 445 g/mol. The molecule has 0 aromatic heterocycles. The summed E-state index contributed by atoms with van der Waals surface area (Å²) in [6.45, 7) is -0.244. The summed E-state index contributed by atoms with van der Waals surface area (Å²) < 4.78 is 8.47. The maximum Gasteiger partial charge on any atom is 0.440 e. The number of ether oxygens (including phenoxy) is 2. The number of amides is 1. The van der Waals surface area contributed by atoms with E-state index < -0.39 is 22.5 Å². The first-order chi connectivity index (χ1) is 13.7. The van der Waals surface area contributed by atoms with E-state index in [0.29, 0.717) is 22.4 Å². The van der Waals surface area contributed by atoms with Gasteiger partial charge >= 0.3 is 12.1 Å². The molecule has 7 nitrogen and oxygen atoms in total. The monoisotopic (exact) mass is 457 g/mol. The first-order valence-electron chi connectivity index (χ1n) is 8.30.